The monoisotopic (exact) mass is 448 g/mol. The van der Waals surface area contributed by atoms with E-state index in [1.807, 2.05) is 20.8 Å². The van der Waals surface area contributed by atoms with Gasteiger partial charge < -0.3 is 10.1 Å². The van der Waals surface area contributed by atoms with Gasteiger partial charge in [0.2, 0.25) is 15.9 Å². The van der Waals surface area contributed by atoms with E-state index < -0.39 is 10.0 Å². The number of amides is 1. The molecule has 0 spiro atoms. The molecule has 0 aromatic heterocycles. The lowest BCUT2D eigenvalue weighted by atomic mass is 10.1. The average molecular weight is 449 g/mol. The van der Waals surface area contributed by atoms with E-state index in [-0.39, 0.29) is 16.6 Å². The third-order valence-electron chi connectivity index (χ3n) is 5.04. The molecular weight excluding hydrogens is 420 g/mol. The molecule has 1 heterocycles. The number of nitrogens with zero attached hydrogens (tertiary/aromatic N) is 1. The Bertz CT molecular complexity index is 1020. The van der Waals surface area contributed by atoms with Crippen LogP contribution >= 0.6 is 11.8 Å². The van der Waals surface area contributed by atoms with Gasteiger partial charge in [-0.2, -0.15) is 4.31 Å². The summed E-state index contributed by atoms with van der Waals surface area (Å²) in [6.45, 7) is 9.46. The van der Waals surface area contributed by atoms with Crippen molar-refractivity contribution in [1.82, 2.24) is 4.31 Å². The van der Waals surface area contributed by atoms with Gasteiger partial charge >= 0.3 is 0 Å². The number of hydrogen-bond acceptors (Lipinski definition) is 5. The van der Waals surface area contributed by atoms with Crippen molar-refractivity contribution in [2.75, 3.05) is 37.4 Å². The van der Waals surface area contributed by atoms with Crippen LogP contribution in [-0.2, 0) is 19.6 Å². The van der Waals surface area contributed by atoms with Crippen molar-refractivity contribution < 1.29 is 17.9 Å². The first-order valence-corrected chi connectivity index (χ1v) is 12.3. The first-order valence-electron chi connectivity index (χ1n) is 9.87. The summed E-state index contributed by atoms with van der Waals surface area (Å²) in [6.07, 6.45) is 0. The number of thioether (sulfide) groups is 1. The van der Waals surface area contributed by atoms with Crippen molar-refractivity contribution in [1.29, 1.82) is 0 Å². The summed E-state index contributed by atoms with van der Waals surface area (Å²) in [4.78, 5) is 13.9. The number of anilines is 1. The maximum absolute atomic E-state index is 12.9. The largest absolute Gasteiger partial charge is 0.379 e. The number of rotatable bonds is 6. The van der Waals surface area contributed by atoms with E-state index in [0.29, 0.717) is 32.0 Å². The molecule has 1 aliphatic heterocycles. The molecule has 8 heteroatoms. The molecule has 2 aromatic rings. The quantitative estimate of drug-likeness (QED) is 0.683. The SMILES string of the molecule is Cc1cc(C)c(SCC(=O)Nc2cc(S(=O)(=O)N3CCOCC3)ccc2C)c(C)c1. The van der Waals surface area contributed by atoms with Crippen LogP contribution in [0.5, 0.6) is 0 Å². The molecule has 1 aliphatic rings. The first kappa shape index (κ1) is 22.8. The number of carbonyl (C=O) groups is 1. The molecule has 1 N–H and O–H groups in total. The zero-order valence-corrected chi connectivity index (χ0v) is 19.5. The Balaban J connectivity index is 1.72. The summed E-state index contributed by atoms with van der Waals surface area (Å²) >= 11 is 1.50. The topological polar surface area (TPSA) is 75.7 Å². The molecule has 2 aromatic carbocycles. The molecule has 0 atom stereocenters. The number of sulfonamides is 1. The van der Waals surface area contributed by atoms with Crippen molar-refractivity contribution in [3.63, 3.8) is 0 Å². The van der Waals surface area contributed by atoms with Crippen LogP contribution in [0.25, 0.3) is 0 Å². The van der Waals surface area contributed by atoms with Crippen molar-refractivity contribution in [3.8, 4) is 0 Å². The van der Waals surface area contributed by atoms with Gasteiger partial charge in [0.1, 0.15) is 0 Å². The van der Waals surface area contributed by atoms with Gasteiger partial charge in [-0.1, -0.05) is 23.8 Å². The number of ether oxygens (including phenoxy) is 1. The molecule has 0 aliphatic carbocycles. The predicted octanol–water partition coefficient (Wildman–Crippen LogP) is 3.67. The van der Waals surface area contributed by atoms with Gasteiger partial charge in [-0.25, -0.2) is 8.42 Å². The summed E-state index contributed by atoms with van der Waals surface area (Å²) in [6, 6.07) is 9.08. The fourth-order valence-electron chi connectivity index (χ4n) is 3.55. The Hall–Kier alpha value is -1.87. The fraction of sp³-hybridized carbons (Fsp3) is 0.409. The molecule has 1 saturated heterocycles. The van der Waals surface area contributed by atoms with Crippen LogP contribution in [0, 0.1) is 27.7 Å². The molecule has 3 rings (SSSR count). The highest BCUT2D eigenvalue weighted by Gasteiger charge is 2.27. The van der Waals surface area contributed by atoms with E-state index in [2.05, 4.69) is 24.4 Å². The highest BCUT2D eigenvalue weighted by atomic mass is 32.2. The molecule has 0 radical (unpaired) electrons. The van der Waals surface area contributed by atoms with Gasteiger partial charge in [0, 0.05) is 23.7 Å². The van der Waals surface area contributed by atoms with Gasteiger partial charge in [-0.3, -0.25) is 4.79 Å². The zero-order chi connectivity index (χ0) is 21.9. The Morgan fingerprint density at radius 3 is 2.30 bits per heavy atom. The summed E-state index contributed by atoms with van der Waals surface area (Å²) in [7, 11) is -3.61. The van der Waals surface area contributed by atoms with Gasteiger partial charge in [0.05, 0.1) is 23.9 Å². The summed E-state index contributed by atoms with van der Waals surface area (Å²) in [5.74, 6) is 0.0911. The van der Waals surface area contributed by atoms with Crippen LogP contribution in [0.15, 0.2) is 40.1 Å². The van der Waals surface area contributed by atoms with E-state index >= 15 is 0 Å². The molecule has 30 heavy (non-hydrogen) atoms. The fourth-order valence-corrected chi connectivity index (χ4v) is 5.91. The maximum Gasteiger partial charge on any atom is 0.243 e. The second-order valence-corrected chi connectivity index (χ2v) is 10.5. The smallest absolute Gasteiger partial charge is 0.243 e. The Morgan fingerprint density at radius 1 is 1.03 bits per heavy atom. The van der Waals surface area contributed by atoms with Crippen molar-refractivity contribution >= 4 is 33.4 Å². The van der Waals surface area contributed by atoms with Crippen LogP contribution in [-0.4, -0.2) is 50.7 Å². The van der Waals surface area contributed by atoms with E-state index in [4.69, 9.17) is 4.74 Å². The van der Waals surface area contributed by atoms with Crippen LogP contribution < -0.4 is 5.32 Å². The van der Waals surface area contributed by atoms with E-state index in [1.54, 1.807) is 18.2 Å². The van der Waals surface area contributed by atoms with E-state index in [0.717, 1.165) is 21.6 Å². The predicted molar refractivity (Wildman–Crippen MR) is 121 cm³/mol. The van der Waals surface area contributed by atoms with E-state index in [9.17, 15) is 13.2 Å². The summed E-state index contributed by atoms with van der Waals surface area (Å²) in [5.41, 5.74) is 4.84. The number of aryl methyl sites for hydroxylation is 4. The van der Waals surface area contributed by atoms with Crippen LogP contribution in [0.4, 0.5) is 5.69 Å². The number of morpholine rings is 1. The van der Waals surface area contributed by atoms with Gasteiger partial charge in [-0.05, 0) is 56.5 Å². The van der Waals surface area contributed by atoms with Gasteiger partial charge in [0.15, 0.2) is 0 Å². The molecule has 0 saturated carbocycles. The van der Waals surface area contributed by atoms with E-state index in [1.165, 1.54) is 21.6 Å². The molecule has 1 amide bonds. The third-order valence-corrected chi connectivity index (χ3v) is 8.28. The number of benzene rings is 2. The minimum Gasteiger partial charge on any atom is -0.379 e. The first-order chi connectivity index (χ1) is 14.2. The second kappa shape index (κ2) is 9.51. The lowest BCUT2D eigenvalue weighted by molar-refractivity contribution is -0.113. The van der Waals surface area contributed by atoms with Gasteiger partial charge in [-0.15, -0.1) is 11.8 Å². The summed E-state index contributed by atoms with van der Waals surface area (Å²) < 4.78 is 32.5. The number of hydrogen-bond donors (Lipinski definition) is 1. The molecule has 162 valence electrons. The molecular formula is C22H28N2O4S2. The van der Waals surface area contributed by atoms with Gasteiger partial charge in [0.25, 0.3) is 0 Å². The maximum atomic E-state index is 12.9. The lowest BCUT2D eigenvalue weighted by Crippen LogP contribution is -2.40. The summed E-state index contributed by atoms with van der Waals surface area (Å²) in [5, 5.41) is 2.88. The van der Waals surface area contributed by atoms with Crippen LogP contribution in [0.1, 0.15) is 22.3 Å². The second-order valence-electron chi connectivity index (χ2n) is 7.56. The average Bonchev–Trinajstić information content (AvgIpc) is 2.69. The Kier molecular flexibility index (Phi) is 7.23. The molecule has 6 nitrogen and oxygen atoms in total. The zero-order valence-electron chi connectivity index (χ0n) is 17.8. The number of carbonyl (C=O) groups excluding carboxylic acids is 1. The van der Waals surface area contributed by atoms with Crippen molar-refractivity contribution in [3.05, 3.63) is 52.6 Å². The van der Waals surface area contributed by atoms with Crippen molar-refractivity contribution in [2.45, 2.75) is 37.5 Å². The minimum absolute atomic E-state index is 0.164. The highest BCUT2D eigenvalue weighted by molar-refractivity contribution is 8.00. The van der Waals surface area contributed by atoms with Crippen LogP contribution in [0.2, 0.25) is 0 Å². The molecule has 0 unspecified atom stereocenters. The Labute approximate surface area is 183 Å². The standard InChI is InChI=1S/C22H28N2O4S2/c1-15-11-17(3)22(18(4)12-15)29-14-21(25)23-20-13-19(6-5-16(20)2)30(26,27)24-7-9-28-10-8-24/h5-6,11-13H,7-10,14H2,1-4H3,(H,23,25). The lowest BCUT2D eigenvalue weighted by Gasteiger charge is -2.26. The normalized spacial score (nSPS) is 15.2. The Morgan fingerprint density at radius 2 is 1.67 bits per heavy atom. The van der Waals surface area contributed by atoms with Crippen LogP contribution in [0.3, 0.4) is 0 Å². The molecule has 1 fully saturated rings. The molecule has 0 bridgehead atoms. The number of nitrogens with one attached hydrogen (secondary N) is 1. The third kappa shape index (κ3) is 5.24. The highest BCUT2D eigenvalue weighted by Crippen LogP contribution is 2.28. The van der Waals surface area contributed by atoms with Crippen molar-refractivity contribution in [2.24, 2.45) is 0 Å². The minimum atomic E-state index is -3.61.